The van der Waals surface area contributed by atoms with Crippen molar-refractivity contribution in [3.8, 4) is 0 Å². The van der Waals surface area contributed by atoms with E-state index in [-0.39, 0.29) is 11.9 Å². The van der Waals surface area contributed by atoms with Crippen molar-refractivity contribution in [2.24, 2.45) is 11.8 Å². The number of nitrogens with zero attached hydrogens (tertiary/aromatic N) is 1. The van der Waals surface area contributed by atoms with Gasteiger partial charge in [0.05, 0.1) is 19.2 Å². The Morgan fingerprint density at radius 2 is 2.09 bits per heavy atom. The molecule has 5 nitrogen and oxygen atoms in total. The van der Waals surface area contributed by atoms with Crippen molar-refractivity contribution in [2.45, 2.75) is 33.2 Å². The lowest BCUT2D eigenvalue weighted by atomic mass is 9.92. The maximum atomic E-state index is 12.4. The Morgan fingerprint density at radius 1 is 1.41 bits per heavy atom. The molecule has 0 aliphatic carbocycles. The minimum Gasteiger partial charge on any atom is -0.465 e. The maximum absolute atomic E-state index is 12.4. The van der Waals surface area contributed by atoms with Gasteiger partial charge in [0.1, 0.15) is 11.5 Å². The Labute approximate surface area is 133 Å². The van der Waals surface area contributed by atoms with Crippen molar-refractivity contribution in [2.75, 3.05) is 33.4 Å². The Balaban J connectivity index is 1.90. The van der Waals surface area contributed by atoms with E-state index in [1.165, 1.54) is 6.42 Å². The molecule has 0 bridgehead atoms. The Morgan fingerprint density at radius 3 is 2.64 bits per heavy atom. The Bertz CT molecular complexity index is 476. The van der Waals surface area contributed by atoms with Gasteiger partial charge in [0, 0.05) is 20.2 Å². The first-order valence-corrected chi connectivity index (χ1v) is 8.06. The zero-order chi connectivity index (χ0) is 16.1. The molecule has 3 atom stereocenters. The van der Waals surface area contributed by atoms with Gasteiger partial charge in [-0.2, -0.15) is 0 Å². The summed E-state index contributed by atoms with van der Waals surface area (Å²) in [6, 6.07) is 3.76. The summed E-state index contributed by atoms with van der Waals surface area (Å²) in [5, 5.41) is 3.27. The third-order valence-corrected chi connectivity index (χ3v) is 4.16. The Hall–Kier alpha value is -1.33. The standard InChI is InChI=1S/C17H28N2O3/c1-12-7-13(2)10-19(9-12)17(20)8-18-15(11-21-4)16-6-5-14(3)22-16/h5-6,12-13,15,18H,7-11H2,1-4H3. The molecule has 1 saturated heterocycles. The van der Waals surface area contributed by atoms with Gasteiger partial charge in [0.15, 0.2) is 0 Å². The molecule has 1 aromatic heterocycles. The van der Waals surface area contributed by atoms with Gasteiger partial charge in [-0.25, -0.2) is 0 Å². The first-order chi connectivity index (χ1) is 10.5. The zero-order valence-electron chi connectivity index (χ0n) is 14.1. The van der Waals surface area contributed by atoms with Crippen LogP contribution in [0.25, 0.3) is 0 Å². The largest absolute Gasteiger partial charge is 0.465 e. The number of aryl methyl sites for hydroxylation is 1. The molecule has 0 radical (unpaired) electrons. The summed E-state index contributed by atoms with van der Waals surface area (Å²) in [5.74, 6) is 2.99. The van der Waals surface area contributed by atoms with Gasteiger partial charge >= 0.3 is 0 Å². The molecule has 0 saturated carbocycles. The predicted octanol–water partition coefficient (Wildman–Crippen LogP) is 2.37. The van der Waals surface area contributed by atoms with Crippen LogP contribution in [-0.4, -0.2) is 44.2 Å². The molecule has 2 heterocycles. The summed E-state index contributed by atoms with van der Waals surface area (Å²) >= 11 is 0. The number of carbonyl (C=O) groups excluding carboxylic acids is 1. The third kappa shape index (κ3) is 4.58. The van der Waals surface area contributed by atoms with Crippen LogP contribution >= 0.6 is 0 Å². The molecule has 1 aliphatic rings. The van der Waals surface area contributed by atoms with Crippen LogP contribution in [0.1, 0.15) is 37.8 Å². The molecule has 0 aromatic carbocycles. The fourth-order valence-electron chi connectivity index (χ4n) is 3.24. The number of piperidine rings is 1. The summed E-state index contributed by atoms with van der Waals surface area (Å²) in [6.45, 7) is 8.85. The predicted molar refractivity (Wildman–Crippen MR) is 85.6 cm³/mol. The van der Waals surface area contributed by atoms with Gasteiger partial charge in [-0.05, 0) is 37.3 Å². The highest BCUT2D eigenvalue weighted by atomic mass is 16.5. The van der Waals surface area contributed by atoms with E-state index in [0.717, 1.165) is 24.6 Å². The van der Waals surface area contributed by atoms with Crippen LogP contribution < -0.4 is 5.32 Å². The number of amides is 1. The molecule has 5 heteroatoms. The lowest BCUT2D eigenvalue weighted by Gasteiger charge is -2.35. The molecule has 0 spiro atoms. The molecule has 1 N–H and O–H groups in total. The molecule has 1 aliphatic heterocycles. The zero-order valence-corrected chi connectivity index (χ0v) is 14.1. The van der Waals surface area contributed by atoms with E-state index >= 15 is 0 Å². The second-order valence-corrected chi connectivity index (χ2v) is 6.58. The topological polar surface area (TPSA) is 54.7 Å². The summed E-state index contributed by atoms with van der Waals surface area (Å²) in [7, 11) is 1.65. The van der Waals surface area contributed by atoms with Gasteiger partial charge < -0.3 is 14.1 Å². The van der Waals surface area contributed by atoms with Gasteiger partial charge in [0.25, 0.3) is 0 Å². The number of rotatable bonds is 6. The molecule has 124 valence electrons. The number of furan rings is 1. The molecular weight excluding hydrogens is 280 g/mol. The SMILES string of the molecule is COCC(NCC(=O)N1CC(C)CC(C)C1)c1ccc(C)o1. The van der Waals surface area contributed by atoms with Crippen molar-refractivity contribution in [3.63, 3.8) is 0 Å². The van der Waals surface area contributed by atoms with E-state index in [2.05, 4.69) is 19.2 Å². The van der Waals surface area contributed by atoms with Crippen LogP contribution in [0.2, 0.25) is 0 Å². The molecule has 3 unspecified atom stereocenters. The van der Waals surface area contributed by atoms with E-state index in [4.69, 9.17) is 9.15 Å². The van der Waals surface area contributed by atoms with Gasteiger partial charge in [-0.3, -0.25) is 10.1 Å². The molecular formula is C17H28N2O3. The van der Waals surface area contributed by atoms with E-state index in [1.54, 1.807) is 7.11 Å². The number of methoxy groups -OCH3 is 1. The van der Waals surface area contributed by atoms with Crippen molar-refractivity contribution in [1.29, 1.82) is 0 Å². The average Bonchev–Trinajstić information content (AvgIpc) is 2.88. The van der Waals surface area contributed by atoms with Gasteiger partial charge in [-0.1, -0.05) is 13.8 Å². The van der Waals surface area contributed by atoms with Gasteiger partial charge in [-0.15, -0.1) is 0 Å². The minimum absolute atomic E-state index is 0.0951. The highest BCUT2D eigenvalue weighted by Gasteiger charge is 2.26. The first-order valence-electron chi connectivity index (χ1n) is 8.06. The fourth-order valence-corrected chi connectivity index (χ4v) is 3.24. The van der Waals surface area contributed by atoms with Crippen LogP contribution in [0.5, 0.6) is 0 Å². The third-order valence-electron chi connectivity index (χ3n) is 4.16. The van der Waals surface area contributed by atoms with Crippen LogP contribution in [0.3, 0.4) is 0 Å². The van der Waals surface area contributed by atoms with E-state index in [1.807, 2.05) is 24.0 Å². The van der Waals surface area contributed by atoms with Crippen molar-refractivity contribution in [1.82, 2.24) is 10.2 Å². The number of likely N-dealkylation sites (tertiary alicyclic amines) is 1. The Kier molecular flexibility index (Phi) is 6.03. The monoisotopic (exact) mass is 308 g/mol. The molecule has 1 aromatic rings. The molecule has 2 rings (SSSR count). The number of hydrogen-bond donors (Lipinski definition) is 1. The van der Waals surface area contributed by atoms with Crippen LogP contribution in [0.15, 0.2) is 16.5 Å². The molecule has 1 fully saturated rings. The normalized spacial score (nSPS) is 23.5. The number of nitrogens with one attached hydrogen (secondary N) is 1. The van der Waals surface area contributed by atoms with E-state index in [0.29, 0.717) is 25.0 Å². The van der Waals surface area contributed by atoms with Crippen molar-refractivity contribution < 1.29 is 13.9 Å². The van der Waals surface area contributed by atoms with Gasteiger partial charge in [0.2, 0.25) is 5.91 Å². The van der Waals surface area contributed by atoms with Crippen LogP contribution in [0.4, 0.5) is 0 Å². The highest BCUT2D eigenvalue weighted by Crippen LogP contribution is 2.21. The maximum Gasteiger partial charge on any atom is 0.236 e. The lowest BCUT2D eigenvalue weighted by Crippen LogP contribution is -2.46. The minimum atomic E-state index is -0.0951. The second-order valence-electron chi connectivity index (χ2n) is 6.58. The number of carbonyl (C=O) groups is 1. The first kappa shape index (κ1) is 17.0. The second kappa shape index (κ2) is 7.79. The van der Waals surface area contributed by atoms with E-state index < -0.39 is 0 Å². The highest BCUT2D eigenvalue weighted by molar-refractivity contribution is 5.78. The van der Waals surface area contributed by atoms with E-state index in [9.17, 15) is 4.79 Å². The lowest BCUT2D eigenvalue weighted by molar-refractivity contribution is -0.133. The van der Waals surface area contributed by atoms with Crippen molar-refractivity contribution >= 4 is 5.91 Å². The fraction of sp³-hybridized carbons (Fsp3) is 0.706. The summed E-state index contributed by atoms with van der Waals surface area (Å²) in [5.41, 5.74) is 0. The molecule has 1 amide bonds. The number of ether oxygens (including phenoxy) is 1. The average molecular weight is 308 g/mol. The summed E-state index contributed by atoms with van der Waals surface area (Å²) in [4.78, 5) is 14.4. The summed E-state index contributed by atoms with van der Waals surface area (Å²) < 4.78 is 10.9. The van der Waals surface area contributed by atoms with Crippen LogP contribution in [-0.2, 0) is 9.53 Å². The number of hydrogen-bond acceptors (Lipinski definition) is 4. The quantitative estimate of drug-likeness (QED) is 0.876. The molecule has 22 heavy (non-hydrogen) atoms. The summed E-state index contributed by atoms with van der Waals surface area (Å²) in [6.07, 6.45) is 1.20. The van der Waals surface area contributed by atoms with Crippen molar-refractivity contribution in [3.05, 3.63) is 23.7 Å². The van der Waals surface area contributed by atoms with Crippen LogP contribution in [0, 0.1) is 18.8 Å². The smallest absolute Gasteiger partial charge is 0.236 e.